The van der Waals surface area contributed by atoms with Gasteiger partial charge in [-0.1, -0.05) is 18.2 Å². The first-order valence-corrected chi connectivity index (χ1v) is 6.49. The minimum Gasteiger partial charge on any atom is -0.493 e. The third-order valence-corrected chi connectivity index (χ3v) is 3.64. The maximum absolute atomic E-state index is 13.6. The summed E-state index contributed by atoms with van der Waals surface area (Å²) in [5, 5.41) is 10.3. The van der Waals surface area contributed by atoms with Crippen molar-refractivity contribution < 1.29 is 18.6 Å². The molecule has 2 aromatic carbocycles. The van der Waals surface area contributed by atoms with Crippen molar-refractivity contribution in [2.24, 2.45) is 0 Å². The molecule has 2 unspecified atom stereocenters. The Morgan fingerprint density at radius 1 is 1.20 bits per heavy atom. The van der Waals surface area contributed by atoms with Crippen molar-refractivity contribution in [3.8, 4) is 5.75 Å². The minimum atomic E-state index is -0.810. The highest BCUT2D eigenvalue weighted by Crippen LogP contribution is 2.36. The van der Waals surface area contributed by atoms with E-state index in [4.69, 9.17) is 4.74 Å². The van der Waals surface area contributed by atoms with Crippen LogP contribution < -0.4 is 4.74 Å². The lowest BCUT2D eigenvalue weighted by Crippen LogP contribution is -2.23. The lowest BCUT2D eigenvalue weighted by atomic mass is 9.91. The molecule has 1 aliphatic heterocycles. The summed E-state index contributed by atoms with van der Waals surface area (Å²) in [5.74, 6) is -0.473. The highest BCUT2D eigenvalue weighted by atomic mass is 19.1. The summed E-state index contributed by atoms with van der Waals surface area (Å²) in [6.45, 7) is 0.359. The molecule has 0 radical (unpaired) electrons. The van der Waals surface area contributed by atoms with Gasteiger partial charge >= 0.3 is 0 Å². The van der Waals surface area contributed by atoms with Crippen molar-refractivity contribution in [2.45, 2.75) is 18.4 Å². The van der Waals surface area contributed by atoms with Crippen LogP contribution >= 0.6 is 0 Å². The molecule has 0 bridgehead atoms. The molecule has 0 fully saturated rings. The van der Waals surface area contributed by atoms with Crippen LogP contribution in [0.3, 0.4) is 0 Å². The largest absolute Gasteiger partial charge is 0.493 e. The van der Waals surface area contributed by atoms with Crippen LogP contribution in [0.2, 0.25) is 0 Å². The Balaban J connectivity index is 1.81. The molecule has 0 aliphatic carbocycles. The van der Waals surface area contributed by atoms with Crippen LogP contribution in [0.5, 0.6) is 5.75 Å². The van der Waals surface area contributed by atoms with Gasteiger partial charge in [-0.05, 0) is 29.8 Å². The Kier molecular flexibility index (Phi) is 3.40. The van der Waals surface area contributed by atoms with Crippen LogP contribution in [0.25, 0.3) is 0 Å². The van der Waals surface area contributed by atoms with E-state index < -0.39 is 17.7 Å². The fourth-order valence-corrected chi connectivity index (χ4v) is 2.57. The first-order chi connectivity index (χ1) is 9.65. The van der Waals surface area contributed by atoms with E-state index in [2.05, 4.69) is 0 Å². The molecular formula is C16H14F2O2. The quantitative estimate of drug-likeness (QED) is 0.933. The smallest absolute Gasteiger partial charge is 0.126 e. The number of hydrogen-bond donors (Lipinski definition) is 1. The Morgan fingerprint density at radius 3 is 2.85 bits per heavy atom. The van der Waals surface area contributed by atoms with Crippen molar-refractivity contribution >= 4 is 0 Å². The fourth-order valence-electron chi connectivity index (χ4n) is 2.57. The molecule has 1 aliphatic rings. The van der Waals surface area contributed by atoms with Gasteiger partial charge in [0.1, 0.15) is 17.4 Å². The van der Waals surface area contributed by atoms with Gasteiger partial charge in [0.2, 0.25) is 0 Å². The summed E-state index contributed by atoms with van der Waals surface area (Å²) in [4.78, 5) is 0. The second-order valence-corrected chi connectivity index (χ2v) is 4.96. The zero-order chi connectivity index (χ0) is 14.1. The predicted molar refractivity (Wildman–Crippen MR) is 70.7 cm³/mol. The minimum absolute atomic E-state index is 0.0615. The van der Waals surface area contributed by atoms with Crippen LogP contribution in [-0.2, 0) is 6.42 Å². The van der Waals surface area contributed by atoms with Crippen LogP contribution in [0.15, 0.2) is 42.5 Å². The molecule has 3 rings (SSSR count). The average molecular weight is 276 g/mol. The summed E-state index contributed by atoms with van der Waals surface area (Å²) in [7, 11) is 0. The third kappa shape index (κ3) is 2.39. The monoisotopic (exact) mass is 276 g/mol. The molecule has 0 aromatic heterocycles. The maximum Gasteiger partial charge on any atom is 0.126 e. The predicted octanol–water partition coefficient (Wildman–Crippen LogP) is 3.04. The Labute approximate surface area is 115 Å². The Bertz CT molecular complexity index is 628. The number of aliphatic hydroxyl groups is 1. The topological polar surface area (TPSA) is 29.5 Å². The second-order valence-electron chi connectivity index (χ2n) is 4.96. The zero-order valence-corrected chi connectivity index (χ0v) is 10.7. The van der Waals surface area contributed by atoms with Crippen molar-refractivity contribution in [3.63, 3.8) is 0 Å². The van der Waals surface area contributed by atoms with Gasteiger partial charge in [-0.3, -0.25) is 0 Å². The summed E-state index contributed by atoms with van der Waals surface area (Å²) in [5.41, 5.74) is 1.10. The average Bonchev–Trinajstić information content (AvgIpc) is 2.87. The van der Waals surface area contributed by atoms with Crippen LogP contribution in [0, 0.1) is 11.6 Å². The molecule has 0 saturated carbocycles. The molecule has 2 nitrogen and oxygen atoms in total. The number of benzene rings is 2. The van der Waals surface area contributed by atoms with Gasteiger partial charge in [-0.15, -0.1) is 0 Å². The van der Waals surface area contributed by atoms with Gasteiger partial charge in [-0.25, -0.2) is 8.78 Å². The molecule has 20 heavy (non-hydrogen) atoms. The highest BCUT2D eigenvalue weighted by molar-refractivity contribution is 5.40. The van der Waals surface area contributed by atoms with E-state index in [0.717, 1.165) is 29.5 Å². The number of ether oxygens (including phenoxy) is 1. The molecule has 2 atom stereocenters. The van der Waals surface area contributed by atoms with E-state index >= 15 is 0 Å². The van der Waals surface area contributed by atoms with Crippen molar-refractivity contribution in [3.05, 3.63) is 65.2 Å². The summed E-state index contributed by atoms with van der Waals surface area (Å²) < 4.78 is 32.2. The van der Waals surface area contributed by atoms with Crippen LogP contribution in [0.4, 0.5) is 8.78 Å². The molecule has 2 aromatic rings. The van der Waals surface area contributed by atoms with E-state index in [0.29, 0.717) is 6.61 Å². The lowest BCUT2D eigenvalue weighted by molar-refractivity contribution is 0.128. The molecular weight excluding hydrogens is 262 g/mol. The molecule has 0 amide bonds. The van der Waals surface area contributed by atoms with Crippen LogP contribution in [-0.4, -0.2) is 17.8 Å². The number of rotatable bonds is 3. The molecule has 4 heteroatoms. The van der Waals surface area contributed by atoms with Gasteiger partial charge in [0, 0.05) is 17.9 Å². The van der Waals surface area contributed by atoms with E-state index in [-0.39, 0.29) is 17.9 Å². The van der Waals surface area contributed by atoms with E-state index in [1.807, 2.05) is 24.3 Å². The third-order valence-electron chi connectivity index (χ3n) is 3.64. The standard InChI is InChI=1S/C16H14F2O2/c17-11-5-6-14(18)10(7-11)8-15(19)13-9-20-16-4-2-1-3-12(13)16/h1-7,13,15,19H,8-9H2. The molecule has 0 saturated heterocycles. The molecule has 1 N–H and O–H groups in total. The second kappa shape index (κ2) is 5.21. The van der Waals surface area contributed by atoms with E-state index in [9.17, 15) is 13.9 Å². The van der Waals surface area contributed by atoms with Crippen LogP contribution in [0.1, 0.15) is 17.0 Å². The number of hydrogen-bond acceptors (Lipinski definition) is 2. The lowest BCUT2D eigenvalue weighted by Gasteiger charge is -2.17. The maximum atomic E-state index is 13.6. The van der Waals surface area contributed by atoms with E-state index in [1.165, 1.54) is 0 Å². The first-order valence-electron chi connectivity index (χ1n) is 6.49. The van der Waals surface area contributed by atoms with E-state index in [1.54, 1.807) is 0 Å². The summed E-state index contributed by atoms with van der Waals surface area (Å²) in [6, 6.07) is 10.7. The van der Waals surface area contributed by atoms with Gasteiger partial charge < -0.3 is 9.84 Å². The summed E-state index contributed by atoms with van der Waals surface area (Å²) in [6.07, 6.45) is -0.749. The highest BCUT2D eigenvalue weighted by Gasteiger charge is 2.30. The number of halogens is 2. The Morgan fingerprint density at radius 2 is 2.00 bits per heavy atom. The van der Waals surface area contributed by atoms with Crippen molar-refractivity contribution in [1.82, 2.24) is 0 Å². The number of fused-ring (bicyclic) bond motifs is 1. The summed E-state index contributed by atoms with van der Waals surface area (Å²) >= 11 is 0. The molecule has 0 spiro atoms. The van der Waals surface area contributed by atoms with Gasteiger partial charge in [0.15, 0.2) is 0 Å². The van der Waals surface area contributed by atoms with Crippen molar-refractivity contribution in [2.75, 3.05) is 6.61 Å². The van der Waals surface area contributed by atoms with Crippen molar-refractivity contribution in [1.29, 1.82) is 0 Å². The Hall–Kier alpha value is -1.94. The number of aliphatic hydroxyl groups excluding tert-OH is 1. The van der Waals surface area contributed by atoms with Gasteiger partial charge in [0.05, 0.1) is 12.7 Å². The van der Waals surface area contributed by atoms with Gasteiger partial charge in [0.25, 0.3) is 0 Å². The molecule has 104 valence electrons. The normalized spacial score (nSPS) is 18.4. The molecule has 1 heterocycles. The zero-order valence-electron chi connectivity index (χ0n) is 10.7. The first kappa shape index (κ1) is 13.1. The SMILES string of the molecule is OC(Cc1cc(F)ccc1F)C1COc2ccccc21. The van der Waals surface area contributed by atoms with Gasteiger partial charge in [-0.2, -0.15) is 0 Å². The fraction of sp³-hybridized carbons (Fsp3) is 0.250. The number of para-hydroxylation sites is 1.